The number of hydrogen-bond acceptors (Lipinski definition) is 5. The number of Topliss-reactive ketones (excluding diaryl/α,β-unsaturated/α-hetero) is 1. The highest BCUT2D eigenvalue weighted by atomic mass is 32.1. The quantitative estimate of drug-likeness (QED) is 0.708. The number of nitrogens with zero attached hydrogens (tertiary/aromatic N) is 3. The molecule has 126 valence electrons. The molecular weight excluding hydrogens is 330 g/mol. The van der Waals surface area contributed by atoms with Gasteiger partial charge in [-0.25, -0.2) is 0 Å². The molecule has 2 fully saturated rings. The first-order valence-electron chi connectivity index (χ1n) is 8.76. The van der Waals surface area contributed by atoms with E-state index in [0.717, 1.165) is 51.8 Å². The Bertz CT molecular complexity index is 927. The van der Waals surface area contributed by atoms with Crippen LogP contribution in [-0.4, -0.2) is 40.3 Å². The molecule has 3 heterocycles. The number of piperidine rings is 1. The van der Waals surface area contributed by atoms with E-state index in [9.17, 15) is 4.79 Å². The first-order valence-corrected chi connectivity index (χ1v) is 9.64. The summed E-state index contributed by atoms with van der Waals surface area (Å²) in [6.45, 7) is 2.80. The number of aromatic nitrogens is 2. The van der Waals surface area contributed by atoms with E-state index in [1.165, 1.54) is 6.42 Å². The Kier molecular flexibility index (Phi) is 3.64. The highest BCUT2D eigenvalue weighted by Gasteiger charge is 2.45. The van der Waals surface area contributed by atoms with Crippen LogP contribution in [0.4, 0.5) is 0 Å². The molecule has 0 amide bonds. The summed E-state index contributed by atoms with van der Waals surface area (Å²) >= 11 is 1.63. The summed E-state index contributed by atoms with van der Waals surface area (Å²) < 4.78 is 0. The van der Waals surface area contributed by atoms with Gasteiger partial charge >= 0.3 is 0 Å². The average molecular weight is 349 g/mol. The average Bonchev–Trinajstić information content (AvgIpc) is 3.03. The van der Waals surface area contributed by atoms with E-state index >= 15 is 0 Å². The summed E-state index contributed by atoms with van der Waals surface area (Å²) in [6, 6.07) is 8.40. The molecule has 2 aliphatic rings. The molecule has 2 atom stereocenters. The number of likely N-dealkylation sites (tertiary alicyclic amines) is 1. The molecule has 1 saturated heterocycles. The van der Waals surface area contributed by atoms with Gasteiger partial charge in [0.05, 0.1) is 23.4 Å². The fraction of sp³-hybridized carbons (Fsp3) is 0.350. The predicted molar refractivity (Wildman–Crippen MR) is 99.6 cm³/mol. The molecule has 0 radical (unpaired) electrons. The molecule has 0 spiro atoms. The van der Waals surface area contributed by atoms with Gasteiger partial charge in [-0.3, -0.25) is 19.7 Å². The Balaban J connectivity index is 1.33. The van der Waals surface area contributed by atoms with Gasteiger partial charge in [0.15, 0.2) is 5.78 Å². The first kappa shape index (κ1) is 15.2. The lowest BCUT2D eigenvalue weighted by molar-refractivity contribution is -0.119. The maximum atomic E-state index is 12.4. The van der Waals surface area contributed by atoms with E-state index in [4.69, 9.17) is 0 Å². The fourth-order valence-electron chi connectivity index (χ4n) is 3.93. The lowest BCUT2D eigenvalue weighted by Crippen LogP contribution is -2.30. The molecule has 1 saturated carbocycles. The predicted octanol–water partition coefficient (Wildman–Crippen LogP) is 3.42. The Morgan fingerprint density at radius 3 is 2.84 bits per heavy atom. The second kappa shape index (κ2) is 6.00. The summed E-state index contributed by atoms with van der Waals surface area (Å²) in [6.07, 6.45) is 5.56. The van der Waals surface area contributed by atoms with Crippen LogP contribution in [0.15, 0.2) is 42.2 Å². The normalized spacial score (nSPS) is 22.2. The molecule has 1 aromatic carbocycles. The molecule has 5 heteroatoms. The van der Waals surface area contributed by atoms with Gasteiger partial charge in [0, 0.05) is 36.6 Å². The highest BCUT2D eigenvalue weighted by Crippen LogP contribution is 2.44. The number of ketones is 1. The number of rotatable bonds is 5. The number of fused-ring (bicyclic) bond motifs is 2. The van der Waals surface area contributed by atoms with E-state index in [-0.39, 0.29) is 5.78 Å². The maximum absolute atomic E-state index is 12.4. The van der Waals surface area contributed by atoms with Crippen molar-refractivity contribution in [3.05, 3.63) is 47.9 Å². The van der Waals surface area contributed by atoms with Gasteiger partial charge in [0.25, 0.3) is 0 Å². The van der Waals surface area contributed by atoms with E-state index in [1.54, 1.807) is 11.3 Å². The molecule has 1 aliphatic heterocycles. The summed E-state index contributed by atoms with van der Waals surface area (Å²) in [5.74, 6) is 2.01. The largest absolute Gasteiger partial charge is 0.298 e. The van der Waals surface area contributed by atoms with Gasteiger partial charge < -0.3 is 0 Å². The van der Waals surface area contributed by atoms with Gasteiger partial charge in [0.2, 0.25) is 0 Å². The van der Waals surface area contributed by atoms with Gasteiger partial charge in [-0.1, -0.05) is 12.1 Å². The molecule has 0 N–H and O–H groups in total. The number of hydrogen-bond donors (Lipinski definition) is 0. The molecule has 4 nitrogen and oxygen atoms in total. The van der Waals surface area contributed by atoms with Crippen molar-refractivity contribution in [3.8, 4) is 10.4 Å². The lowest BCUT2D eigenvalue weighted by Gasteiger charge is -2.15. The zero-order valence-corrected chi connectivity index (χ0v) is 14.7. The minimum Gasteiger partial charge on any atom is -0.298 e. The van der Waals surface area contributed by atoms with Crippen LogP contribution in [0.5, 0.6) is 0 Å². The monoisotopic (exact) mass is 349 g/mol. The molecule has 2 unspecified atom stereocenters. The van der Waals surface area contributed by atoms with Crippen LogP contribution in [-0.2, 0) is 11.2 Å². The Morgan fingerprint density at radius 1 is 1.16 bits per heavy atom. The Morgan fingerprint density at radius 2 is 2.04 bits per heavy atom. The number of pyridine rings is 1. The Labute approximate surface area is 150 Å². The third kappa shape index (κ3) is 3.10. The van der Waals surface area contributed by atoms with Crippen LogP contribution < -0.4 is 0 Å². The first-order chi connectivity index (χ1) is 12.2. The number of carbonyl (C=O) groups excluding carboxylic acids is 1. The van der Waals surface area contributed by atoms with Crippen LogP contribution in [0.25, 0.3) is 21.2 Å². The zero-order chi connectivity index (χ0) is 16.8. The topological polar surface area (TPSA) is 46.1 Å². The van der Waals surface area contributed by atoms with E-state index in [1.807, 2.05) is 17.9 Å². The summed E-state index contributed by atoms with van der Waals surface area (Å²) in [4.78, 5) is 24.5. The number of benzene rings is 1. The van der Waals surface area contributed by atoms with Gasteiger partial charge in [-0.05, 0) is 41.3 Å². The fourth-order valence-corrected chi connectivity index (χ4v) is 4.55. The van der Waals surface area contributed by atoms with Crippen LogP contribution in [0.2, 0.25) is 0 Å². The van der Waals surface area contributed by atoms with Crippen molar-refractivity contribution in [1.82, 2.24) is 14.9 Å². The smallest absolute Gasteiger partial charge is 0.152 e. The van der Waals surface area contributed by atoms with Gasteiger partial charge in [-0.2, -0.15) is 0 Å². The molecule has 0 bridgehead atoms. The highest BCUT2D eigenvalue weighted by molar-refractivity contribution is 7.13. The summed E-state index contributed by atoms with van der Waals surface area (Å²) in [5.41, 5.74) is 3.87. The minimum absolute atomic E-state index is 0.270. The van der Waals surface area contributed by atoms with Gasteiger partial charge in [-0.15, -0.1) is 11.3 Å². The standard InChI is InChI=1S/C20H19N3OS/c24-19(11-23-9-16-4-17(16)10-23)6-18-5-15-3-13(20-8-21-12-25-20)1-2-14(15)7-22-18/h1-3,5,7-8,12,16-17H,4,6,9-11H2. The van der Waals surface area contributed by atoms with Crippen molar-refractivity contribution in [2.45, 2.75) is 12.8 Å². The third-order valence-corrected chi connectivity index (χ3v) is 6.15. The van der Waals surface area contributed by atoms with Gasteiger partial charge in [0.1, 0.15) is 0 Å². The second-order valence-electron chi connectivity index (χ2n) is 7.27. The zero-order valence-electron chi connectivity index (χ0n) is 13.9. The van der Waals surface area contributed by atoms with Crippen LogP contribution in [0, 0.1) is 11.8 Å². The molecule has 5 rings (SSSR count). The number of carbonyl (C=O) groups is 1. The van der Waals surface area contributed by atoms with Crippen molar-refractivity contribution in [1.29, 1.82) is 0 Å². The van der Waals surface area contributed by atoms with E-state index < -0.39 is 0 Å². The van der Waals surface area contributed by atoms with E-state index in [2.05, 4.69) is 39.1 Å². The van der Waals surface area contributed by atoms with Crippen molar-refractivity contribution < 1.29 is 4.79 Å². The van der Waals surface area contributed by atoms with Crippen molar-refractivity contribution in [3.63, 3.8) is 0 Å². The summed E-state index contributed by atoms with van der Waals surface area (Å²) in [7, 11) is 0. The molecule has 1 aliphatic carbocycles. The SMILES string of the molecule is O=C(Cc1cc2cc(-c3cncs3)ccc2cn1)CN1CC2CC2C1. The van der Waals surface area contributed by atoms with Crippen LogP contribution in [0.3, 0.4) is 0 Å². The van der Waals surface area contributed by atoms with Crippen molar-refractivity contribution >= 4 is 27.9 Å². The third-order valence-electron chi connectivity index (χ3n) is 5.33. The van der Waals surface area contributed by atoms with E-state index in [0.29, 0.717) is 13.0 Å². The molecule has 25 heavy (non-hydrogen) atoms. The summed E-state index contributed by atoms with van der Waals surface area (Å²) in [5, 5.41) is 2.23. The molecule has 2 aromatic heterocycles. The number of thiazole rings is 1. The Hall–Kier alpha value is -2.11. The second-order valence-corrected chi connectivity index (χ2v) is 8.15. The van der Waals surface area contributed by atoms with Crippen LogP contribution >= 0.6 is 11.3 Å². The molecule has 3 aromatic rings. The minimum atomic E-state index is 0.270. The van der Waals surface area contributed by atoms with Crippen molar-refractivity contribution in [2.24, 2.45) is 11.8 Å². The molecular formula is C20H19N3OS. The lowest BCUT2D eigenvalue weighted by atomic mass is 10.1. The van der Waals surface area contributed by atoms with Crippen molar-refractivity contribution in [2.75, 3.05) is 19.6 Å². The van der Waals surface area contributed by atoms with Crippen LogP contribution in [0.1, 0.15) is 12.1 Å². The maximum Gasteiger partial charge on any atom is 0.152 e.